The van der Waals surface area contributed by atoms with Gasteiger partial charge in [0.2, 0.25) is 5.82 Å². The molecule has 0 amide bonds. The molecule has 1 aliphatic heterocycles. The molecule has 3 rings (SSSR count). The lowest BCUT2D eigenvalue weighted by Crippen LogP contribution is -2.19. The van der Waals surface area contributed by atoms with Gasteiger partial charge >= 0.3 is 0 Å². The highest BCUT2D eigenvalue weighted by Gasteiger charge is 2.18. The number of rotatable bonds is 4. The summed E-state index contributed by atoms with van der Waals surface area (Å²) < 4.78 is 31.9. The largest absolute Gasteiger partial charge is 0.376 e. The predicted molar refractivity (Wildman–Crippen MR) is 63.2 cm³/mol. The summed E-state index contributed by atoms with van der Waals surface area (Å²) in [6.07, 6.45) is -0.479. The summed E-state index contributed by atoms with van der Waals surface area (Å²) in [6, 6.07) is 3.29. The molecule has 102 valence electrons. The number of aromatic nitrogens is 4. The Morgan fingerprint density at radius 2 is 2.32 bits per heavy atom. The second-order valence-corrected chi connectivity index (χ2v) is 4.36. The Balaban J connectivity index is 1.77. The number of halogens is 2. The third-order valence-electron chi connectivity index (χ3n) is 3.02. The quantitative estimate of drug-likeness (QED) is 0.914. The molecule has 0 aromatic carbocycles. The summed E-state index contributed by atoms with van der Waals surface area (Å²) in [6.45, 7) is 1.39. The Bertz CT molecular complexity index is 567. The average molecular weight is 269 g/mol. The first-order valence-corrected chi connectivity index (χ1v) is 6.10. The van der Waals surface area contributed by atoms with Crippen molar-refractivity contribution >= 4 is 11.5 Å². The lowest BCUT2D eigenvalue weighted by atomic mass is 10.2. The Labute approximate surface area is 107 Å². The van der Waals surface area contributed by atoms with Crippen LogP contribution >= 0.6 is 0 Å². The summed E-state index contributed by atoms with van der Waals surface area (Å²) >= 11 is 0. The molecule has 1 aliphatic rings. The topological polar surface area (TPSA) is 64.3 Å². The molecule has 6 nitrogen and oxygen atoms in total. The number of anilines is 1. The van der Waals surface area contributed by atoms with Crippen molar-refractivity contribution in [2.45, 2.75) is 25.4 Å². The molecule has 19 heavy (non-hydrogen) atoms. The fourth-order valence-electron chi connectivity index (χ4n) is 2.06. The van der Waals surface area contributed by atoms with Crippen LogP contribution in [0.5, 0.6) is 0 Å². The molecule has 0 saturated carbocycles. The van der Waals surface area contributed by atoms with E-state index in [2.05, 4.69) is 20.6 Å². The fraction of sp³-hybridized carbons (Fsp3) is 0.545. The maximum absolute atomic E-state index is 12.7. The van der Waals surface area contributed by atoms with Crippen molar-refractivity contribution in [2.24, 2.45) is 0 Å². The van der Waals surface area contributed by atoms with E-state index < -0.39 is 12.2 Å². The van der Waals surface area contributed by atoms with E-state index in [0.29, 0.717) is 18.0 Å². The minimum Gasteiger partial charge on any atom is -0.376 e. The number of ether oxygens (including phenoxy) is 1. The van der Waals surface area contributed by atoms with Gasteiger partial charge in [0.1, 0.15) is 5.82 Å². The minimum absolute atomic E-state index is 0.160. The van der Waals surface area contributed by atoms with Crippen molar-refractivity contribution in [3.8, 4) is 0 Å². The maximum Gasteiger partial charge on any atom is 0.299 e. The maximum atomic E-state index is 12.7. The first-order chi connectivity index (χ1) is 9.24. The van der Waals surface area contributed by atoms with Gasteiger partial charge in [-0.15, -0.1) is 15.3 Å². The highest BCUT2D eigenvalue weighted by molar-refractivity contribution is 5.44. The van der Waals surface area contributed by atoms with Gasteiger partial charge in [-0.25, -0.2) is 8.78 Å². The Morgan fingerprint density at radius 3 is 3.05 bits per heavy atom. The van der Waals surface area contributed by atoms with Crippen LogP contribution in [0.4, 0.5) is 14.6 Å². The van der Waals surface area contributed by atoms with Gasteiger partial charge in [0.15, 0.2) is 5.65 Å². The van der Waals surface area contributed by atoms with Gasteiger partial charge in [-0.1, -0.05) is 0 Å². The van der Waals surface area contributed by atoms with Gasteiger partial charge in [-0.2, -0.15) is 4.52 Å². The Morgan fingerprint density at radius 1 is 1.42 bits per heavy atom. The van der Waals surface area contributed by atoms with Gasteiger partial charge in [0.05, 0.1) is 6.10 Å². The van der Waals surface area contributed by atoms with E-state index in [1.165, 1.54) is 0 Å². The normalized spacial score (nSPS) is 19.4. The zero-order valence-corrected chi connectivity index (χ0v) is 10.1. The van der Waals surface area contributed by atoms with Crippen LogP contribution in [0.25, 0.3) is 5.65 Å². The Kier molecular flexibility index (Phi) is 3.24. The molecule has 0 aliphatic carbocycles. The van der Waals surface area contributed by atoms with E-state index in [-0.39, 0.29) is 6.10 Å². The highest BCUT2D eigenvalue weighted by Crippen LogP contribution is 2.18. The minimum atomic E-state index is -2.70. The van der Waals surface area contributed by atoms with Gasteiger partial charge in [-0.05, 0) is 25.0 Å². The molecule has 2 aromatic heterocycles. The second kappa shape index (κ2) is 5.04. The van der Waals surface area contributed by atoms with Crippen LogP contribution in [0.1, 0.15) is 25.1 Å². The molecule has 2 aromatic rings. The molecule has 1 fully saturated rings. The first-order valence-electron chi connectivity index (χ1n) is 6.10. The monoisotopic (exact) mass is 269 g/mol. The molecule has 3 heterocycles. The van der Waals surface area contributed by atoms with E-state index >= 15 is 0 Å². The number of hydrogen-bond acceptors (Lipinski definition) is 5. The van der Waals surface area contributed by atoms with E-state index in [9.17, 15) is 8.78 Å². The molecule has 1 saturated heterocycles. The summed E-state index contributed by atoms with van der Waals surface area (Å²) in [5.41, 5.74) is 0.304. The average Bonchev–Trinajstić information content (AvgIpc) is 3.05. The van der Waals surface area contributed by atoms with Crippen LogP contribution in [0.2, 0.25) is 0 Å². The van der Waals surface area contributed by atoms with Crippen molar-refractivity contribution in [2.75, 3.05) is 18.5 Å². The molecule has 0 bridgehead atoms. The van der Waals surface area contributed by atoms with Crippen LogP contribution in [0, 0.1) is 0 Å². The Hall–Kier alpha value is -1.83. The third-order valence-corrected chi connectivity index (χ3v) is 3.02. The van der Waals surface area contributed by atoms with Crippen molar-refractivity contribution in [3.05, 3.63) is 18.0 Å². The van der Waals surface area contributed by atoms with Gasteiger partial charge in [-0.3, -0.25) is 0 Å². The number of alkyl halides is 2. The molecule has 1 N–H and O–H groups in total. The summed E-state index contributed by atoms with van der Waals surface area (Å²) in [5.74, 6) is 0.0560. The molecular formula is C11H13F2N5O. The SMILES string of the molecule is FC(F)c1nnc2ccc(NCC3CCCO3)nn12. The van der Waals surface area contributed by atoms with Crippen LogP contribution in [-0.4, -0.2) is 39.1 Å². The van der Waals surface area contributed by atoms with Gasteiger partial charge in [0, 0.05) is 13.2 Å². The fourth-order valence-corrected chi connectivity index (χ4v) is 2.06. The van der Waals surface area contributed by atoms with Crippen molar-refractivity contribution in [1.82, 2.24) is 19.8 Å². The molecule has 1 atom stereocenters. The zero-order valence-electron chi connectivity index (χ0n) is 10.1. The third kappa shape index (κ3) is 2.48. The summed E-state index contributed by atoms with van der Waals surface area (Å²) in [4.78, 5) is 0. The molecule has 1 unspecified atom stereocenters. The van der Waals surface area contributed by atoms with Crippen LogP contribution in [-0.2, 0) is 4.74 Å². The molecular weight excluding hydrogens is 256 g/mol. The standard InChI is InChI=1S/C11H13F2N5O/c12-10(13)11-16-15-9-4-3-8(17-18(9)11)14-6-7-2-1-5-19-7/h3-4,7,10H,1-2,5-6H2,(H,14,17). The van der Waals surface area contributed by atoms with Crippen LogP contribution in [0.15, 0.2) is 12.1 Å². The second-order valence-electron chi connectivity index (χ2n) is 4.36. The summed E-state index contributed by atoms with van der Waals surface area (Å²) in [7, 11) is 0. The smallest absolute Gasteiger partial charge is 0.299 e. The van der Waals surface area contributed by atoms with E-state index in [0.717, 1.165) is 24.0 Å². The molecule has 0 radical (unpaired) electrons. The number of nitrogens with zero attached hydrogens (tertiary/aromatic N) is 4. The number of hydrogen-bond donors (Lipinski definition) is 1. The van der Waals surface area contributed by atoms with Gasteiger partial charge in [0.25, 0.3) is 6.43 Å². The van der Waals surface area contributed by atoms with E-state index in [1.807, 2.05) is 0 Å². The lowest BCUT2D eigenvalue weighted by Gasteiger charge is -2.11. The molecule has 0 spiro atoms. The summed E-state index contributed by atoms with van der Waals surface area (Å²) in [5, 5.41) is 14.2. The lowest BCUT2D eigenvalue weighted by molar-refractivity contribution is 0.120. The van der Waals surface area contributed by atoms with E-state index in [4.69, 9.17) is 4.74 Å². The zero-order chi connectivity index (χ0) is 13.2. The van der Waals surface area contributed by atoms with Crippen molar-refractivity contribution in [1.29, 1.82) is 0 Å². The molecule has 8 heteroatoms. The number of nitrogens with one attached hydrogen (secondary N) is 1. The van der Waals surface area contributed by atoms with Gasteiger partial charge < -0.3 is 10.1 Å². The first kappa shape index (κ1) is 12.2. The van der Waals surface area contributed by atoms with Crippen molar-refractivity contribution in [3.63, 3.8) is 0 Å². The van der Waals surface area contributed by atoms with E-state index in [1.54, 1.807) is 12.1 Å². The number of fused-ring (bicyclic) bond motifs is 1. The highest BCUT2D eigenvalue weighted by atomic mass is 19.3. The van der Waals surface area contributed by atoms with Crippen LogP contribution in [0.3, 0.4) is 0 Å². The van der Waals surface area contributed by atoms with Crippen molar-refractivity contribution < 1.29 is 13.5 Å². The predicted octanol–water partition coefficient (Wildman–Crippen LogP) is 1.65. The van der Waals surface area contributed by atoms with Crippen LogP contribution < -0.4 is 5.32 Å².